The number of hydrogen-bond donors (Lipinski definition) is 0. The number of aryl methyl sites for hydroxylation is 1. The Balaban J connectivity index is 1.54. The number of likely N-dealkylation sites (tertiary alicyclic amines) is 1. The highest BCUT2D eigenvalue weighted by Crippen LogP contribution is 2.36. The lowest BCUT2D eigenvalue weighted by Gasteiger charge is -2.30. The van der Waals surface area contributed by atoms with E-state index in [2.05, 4.69) is 10.3 Å². The van der Waals surface area contributed by atoms with Gasteiger partial charge in [-0.05, 0) is 25.0 Å². The van der Waals surface area contributed by atoms with Crippen LogP contribution in [-0.2, 0) is 16.7 Å². The summed E-state index contributed by atoms with van der Waals surface area (Å²) in [6.07, 6.45) is 5.62. The van der Waals surface area contributed by atoms with Gasteiger partial charge in [0.2, 0.25) is 6.10 Å². The van der Waals surface area contributed by atoms with Gasteiger partial charge in [-0.15, -0.1) is 0 Å². The fourth-order valence-electron chi connectivity index (χ4n) is 4.23. The van der Waals surface area contributed by atoms with Crippen LogP contribution in [0.5, 0.6) is 11.5 Å². The van der Waals surface area contributed by atoms with Gasteiger partial charge in [0.15, 0.2) is 0 Å². The molecule has 3 heterocycles. The standard InChI is InChI=1S/C22H27ClN4O4/c1-26-10-8-16(24-26)18-7-5-4-6-9-27(18)22(28)21-12-17(25-31-21)14-11-15(23)20(30-3)13-19(14)29-2/h8,10-11,13,18,21H,4-7,9,12H2,1-3H3/t18-,21-/m0/s1. The highest BCUT2D eigenvalue weighted by molar-refractivity contribution is 6.32. The van der Waals surface area contributed by atoms with Crippen LogP contribution in [0.1, 0.15) is 49.4 Å². The predicted octanol–water partition coefficient (Wildman–Crippen LogP) is 3.73. The molecule has 1 aromatic heterocycles. The van der Waals surface area contributed by atoms with Gasteiger partial charge in [-0.2, -0.15) is 5.10 Å². The molecule has 1 amide bonds. The lowest BCUT2D eigenvalue weighted by Crippen LogP contribution is -2.41. The molecule has 2 aliphatic heterocycles. The van der Waals surface area contributed by atoms with Gasteiger partial charge in [-0.3, -0.25) is 9.48 Å². The van der Waals surface area contributed by atoms with E-state index in [0.717, 1.165) is 31.4 Å². The van der Waals surface area contributed by atoms with Gasteiger partial charge in [0.25, 0.3) is 5.91 Å². The minimum atomic E-state index is -0.676. The number of oxime groups is 1. The molecule has 9 heteroatoms. The molecular formula is C22H27ClN4O4. The molecule has 1 aromatic carbocycles. The van der Waals surface area contributed by atoms with Crippen molar-refractivity contribution in [3.8, 4) is 11.5 Å². The fourth-order valence-corrected chi connectivity index (χ4v) is 4.47. The third kappa shape index (κ3) is 4.35. The Morgan fingerprint density at radius 3 is 2.71 bits per heavy atom. The van der Waals surface area contributed by atoms with Crippen molar-refractivity contribution < 1.29 is 19.1 Å². The molecule has 2 aromatic rings. The van der Waals surface area contributed by atoms with Crippen molar-refractivity contribution in [3.05, 3.63) is 40.7 Å². The van der Waals surface area contributed by atoms with Gasteiger partial charge in [0, 0.05) is 37.8 Å². The van der Waals surface area contributed by atoms with Crippen molar-refractivity contribution in [3.63, 3.8) is 0 Å². The highest BCUT2D eigenvalue weighted by Gasteiger charge is 2.37. The minimum Gasteiger partial charge on any atom is -0.496 e. The predicted molar refractivity (Wildman–Crippen MR) is 117 cm³/mol. The Bertz CT molecular complexity index is 990. The number of aromatic nitrogens is 2. The van der Waals surface area contributed by atoms with Crippen molar-refractivity contribution in [2.45, 2.75) is 44.2 Å². The number of hydrogen-bond acceptors (Lipinski definition) is 6. The first-order valence-electron chi connectivity index (χ1n) is 10.5. The maximum absolute atomic E-state index is 13.5. The minimum absolute atomic E-state index is 0.0474. The molecule has 31 heavy (non-hydrogen) atoms. The summed E-state index contributed by atoms with van der Waals surface area (Å²) in [6.45, 7) is 0.687. The Labute approximate surface area is 186 Å². The van der Waals surface area contributed by atoms with Gasteiger partial charge in [0.05, 0.1) is 36.7 Å². The number of nitrogens with zero attached hydrogens (tertiary/aromatic N) is 4. The summed E-state index contributed by atoms with van der Waals surface area (Å²) in [6, 6.07) is 5.38. The molecule has 8 nitrogen and oxygen atoms in total. The summed E-state index contributed by atoms with van der Waals surface area (Å²) in [5, 5.41) is 9.20. The molecule has 0 bridgehead atoms. The zero-order valence-corrected chi connectivity index (χ0v) is 18.8. The number of rotatable bonds is 5. The van der Waals surface area contributed by atoms with E-state index < -0.39 is 6.10 Å². The number of benzene rings is 1. The third-order valence-corrected chi connectivity index (χ3v) is 6.14. The first-order valence-corrected chi connectivity index (χ1v) is 10.8. The van der Waals surface area contributed by atoms with Crippen LogP contribution < -0.4 is 9.47 Å². The third-order valence-electron chi connectivity index (χ3n) is 5.84. The monoisotopic (exact) mass is 446 g/mol. The molecule has 4 rings (SSSR count). The van der Waals surface area contributed by atoms with E-state index in [4.69, 9.17) is 25.9 Å². The van der Waals surface area contributed by atoms with Crippen LogP contribution >= 0.6 is 11.6 Å². The largest absolute Gasteiger partial charge is 0.496 e. The van der Waals surface area contributed by atoms with Gasteiger partial charge in [0.1, 0.15) is 11.5 Å². The van der Waals surface area contributed by atoms with Crippen LogP contribution in [0.15, 0.2) is 29.6 Å². The van der Waals surface area contributed by atoms with E-state index in [0.29, 0.717) is 40.8 Å². The van der Waals surface area contributed by atoms with Crippen LogP contribution in [0.4, 0.5) is 0 Å². The van der Waals surface area contributed by atoms with Crippen molar-refractivity contribution in [1.29, 1.82) is 0 Å². The topological polar surface area (TPSA) is 78.2 Å². The first-order chi connectivity index (χ1) is 15.0. The van der Waals surface area contributed by atoms with Crippen LogP contribution in [0.2, 0.25) is 5.02 Å². The number of amides is 1. The normalized spacial score (nSPS) is 21.3. The zero-order valence-electron chi connectivity index (χ0n) is 18.0. The summed E-state index contributed by atoms with van der Waals surface area (Å²) >= 11 is 6.30. The molecule has 0 spiro atoms. The molecule has 0 N–H and O–H groups in total. The second-order valence-electron chi connectivity index (χ2n) is 7.83. The summed E-state index contributed by atoms with van der Waals surface area (Å²) in [4.78, 5) is 21.0. The second-order valence-corrected chi connectivity index (χ2v) is 8.24. The number of methoxy groups -OCH3 is 2. The van der Waals surface area contributed by atoms with Crippen LogP contribution in [0.3, 0.4) is 0 Å². The highest BCUT2D eigenvalue weighted by atomic mass is 35.5. The Hall–Kier alpha value is -2.74. The molecule has 1 fully saturated rings. The number of carbonyl (C=O) groups excluding carboxylic acids is 1. The molecular weight excluding hydrogens is 420 g/mol. The van der Waals surface area contributed by atoms with E-state index in [9.17, 15) is 4.79 Å². The molecule has 2 atom stereocenters. The number of carbonyl (C=O) groups is 1. The van der Waals surface area contributed by atoms with Crippen LogP contribution in [0.25, 0.3) is 0 Å². The molecule has 2 aliphatic rings. The number of ether oxygens (including phenoxy) is 2. The van der Waals surface area contributed by atoms with Gasteiger partial charge >= 0.3 is 0 Å². The molecule has 0 unspecified atom stereocenters. The lowest BCUT2D eigenvalue weighted by molar-refractivity contribution is -0.144. The Kier molecular flexibility index (Phi) is 6.36. The first kappa shape index (κ1) is 21.5. The average molecular weight is 447 g/mol. The number of halogens is 1. The quantitative estimate of drug-likeness (QED) is 0.699. The van der Waals surface area contributed by atoms with Crippen molar-refractivity contribution >= 4 is 23.2 Å². The van der Waals surface area contributed by atoms with Crippen molar-refractivity contribution in [2.24, 2.45) is 12.2 Å². The molecule has 0 aliphatic carbocycles. The molecule has 0 radical (unpaired) electrons. The van der Waals surface area contributed by atoms with Crippen LogP contribution in [0, 0.1) is 0 Å². The van der Waals surface area contributed by atoms with E-state index in [-0.39, 0.29) is 11.9 Å². The fraction of sp³-hybridized carbons (Fsp3) is 0.500. The summed E-state index contributed by atoms with van der Waals surface area (Å²) in [5.41, 5.74) is 2.24. The summed E-state index contributed by atoms with van der Waals surface area (Å²) < 4.78 is 12.5. The Morgan fingerprint density at radius 2 is 2.00 bits per heavy atom. The maximum Gasteiger partial charge on any atom is 0.267 e. The van der Waals surface area contributed by atoms with Gasteiger partial charge in [-0.1, -0.05) is 29.6 Å². The molecule has 166 valence electrons. The average Bonchev–Trinajstić information content (AvgIpc) is 3.36. The summed E-state index contributed by atoms with van der Waals surface area (Å²) in [5.74, 6) is 1.02. The van der Waals surface area contributed by atoms with E-state index in [1.54, 1.807) is 31.0 Å². The lowest BCUT2D eigenvalue weighted by atomic mass is 10.0. The molecule has 1 saturated heterocycles. The maximum atomic E-state index is 13.5. The summed E-state index contributed by atoms with van der Waals surface area (Å²) in [7, 11) is 5.00. The molecule has 0 saturated carbocycles. The Morgan fingerprint density at radius 1 is 1.19 bits per heavy atom. The van der Waals surface area contributed by atoms with Crippen LogP contribution in [-0.4, -0.2) is 53.2 Å². The smallest absolute Gasteiger partial charge is 0.267 e. The van der Waals surface area contributed by atoms with Crippen molar-refractivity contribution in [2.75, 3.05) is 20.8 Å². The van der Waals surface area contributed by atoms with Crippen molar-refractivity contribution in [1.82, 2.24) is 14.7 Å². The second kappa shape index (κ2) is 9.18. The SMILES string of the molecule is COc1cc(OC)c(C2=NO[C@H](C(=O)N3CCCCC[C@H]3c3ccn(C)n3)C2)cc1Cl. The van der Waals surface area contributed by atoms with Gasteiger partial charge < -0.3 is 19.2 Å². The van der Waals surface area contributed by atoms with E-state index >= 15 is 0 Å². The van der Waals surface area contributed by atoms with E-state index in [1.807, 2.05) is 24.2 Å². The van der Waals surface area contributed by atoms with Gasteiger partial charge in [-0.25, -0.2) is 0 Å². The zero-order chi connectivity index (χ0) is 22.0. The van der Waals surface area contributed by atoms with E-state index in [1.165, 1.54) is 0 Å².